The molecule has 0 aromatic carbocycles. The number of aliphatic carboxylic acids is 1. The van der Waals surface area contributed by atoms with Gasteiger partial charge in [-0.05, 0) is 20.3 Å². The Morgan fingerprint density at radius 2 is 2.12 bits per heavy atom. The number of carbonyl (C=O) groups excluding carboxylic acids is 1. The molecule has 0 bridgehead atoms. The molecule has 16 heavy (non-hydrogen) atoms. The molecule has 0 spiro atoms. The topological polar surface area (TPSA) is 75.6 Å². The SMILES string of the molecule is CCC(C)(C)C(=O)O[C@H]1CN[C@H](C(=O)O)C1. The lowest BCUT2D eigenvalue weighted by atomic mass is 9.90. The van der Waals surface area contributed by atoms with E-state index in [0.717, 1.165) is 0 Å². The van der Waals surface area contributed by atoms with Gasteiger partial charge in [0, 0.05) is 13.0 Å². The van der Waals surface area contributed by atoms with Gasteiger partial charge in [-0.25, -0.2) is 0 Å². The van der Waals surface area contributed by atoms with Crippen LogP contribution >= 0.6 is 0 Å². The Kier molecular flexibility index (Phi) is 3.91. The van der Waals surface area contributed by atoms with Gasteiger partial charge < -0.3 is 15.2 Å². The highest BCUT2D eigenvalue weighted by molar-refractivity contribution is 5.76. The van der Waals surface area contributed by atoms with Crippen LogP contribution in [0, 0.1) is 5.41 Å². The molecule has 1 aliphatic heterocycles. The number of esters is 1. The summed E-state index contributed by atoms with van der Waals surface area (Å²) in [4.78, 5) is 22.4. The van der Waals surface area contributed by atoms with Gasteiger partial charge in [0.2, 0.25) is 0 Å². The van der Waals surface area contributed by atoms with Crippen molar-refractivity contribution >= 4 is 11.9 Å². The molecule has 1 heterocycles. The molecule has 1 aliphatic rings. The molecular weight excluding hydrogens is 210 g/mol. The van der Waals surface area contributed by atoms with Crippen molar-refractivity contribution in [3.63, 3.8) is 0 Å². The van der Waals surface area contributed by atoms with Gasteiger partial charge in [-0.1, -0.05) is 6.92 Å². The lowest BCUT2D eigenvalue weighted by Crippen LogP contribution is -2.31. The Hall–Kier alpha value is -1.10. The Balaban J connectivity index is 2.46. The number of carbonyl (C=O) groups is 2. The lowest BCUT2D eigenvalue weighted by Gasteiger charge is -2.22. The van der Waals surface area contributed by atoms with Gasteiger partial charge in [0.05, 0.1) is 5.41 Å². The molecule has 1 saturated heterocycles. The molecule has 5 nitrogen and oxygen atoms in total. The summed E-state index contributed by atoms with van der Waals surface area (Å²) in [5.41, 5.74) is -0.499. The fourth-order valence-corrected chi connectivity index (χ4v) is 1.44. The normalized spacial score (nSPS) is 25.4. The summed E-state index contributed by atoms with van der Waals surface area (Å²) in [7, 11) is 0. The fraction of sp³-hybridized carbons (Fsp3) is 0.818. The van der Waals surface area contributed by atoms with Crippen molar-refractivity contribution in [2.45, 2.75) is 45.8 Å². The number of rotatable bonds is 4. The van der Waals surface area contributed by atoms with E-state index < -0.39 is 17.4 Å². The molecule has 2 atom stereocenters. The number of carboxylic acid groups (broad SMARTS) is 1. The van der Waals surface area contributed by atoms with E-state index >= 15 is 0 Å². The first-order chi connectivity index (χ1) is 7.36. The molecule has 0 aromatic heterocycles. The molecule has 0 radical (unpaired) electrons. The standard InChI is InChI=1S/C11H19NO4/c1-4-11(2,3)10(15)16-7-5-8(9(13)14)12-6-7/h7-8,12H,4-6H2,1-3H3,(H,13,14)/t7-,8+/m1/s1. The first-order valence-corrected chi connectivity index (χ1v) is 5.54. The van der Waals surface area contributed by atoms with Gasteiger partial charge in [-0.3, -0.25) is 9.59 Å². The zero-order valence-corrected chi connectivity index (χ0v) is 9.95. The Morgan fingerprint density at radius 1 is 1.50 bits per heavy atom. The molecule has 2 N–H and O–H groups in total. The third kappa shape index (κ3) is 2.95. The molecular formula is C11H19NO4. The quantitative estimate of drug-likeness (QED) is 0.697. The van der Waals surface area contributed by atoms with Crippen molar-refractivity contribution in [3.8, 4) is 0 Å². The van der Waals surface area contributed by atoms with E-state index in [1.807, 2.05) is 20.8 Å². The second kappa shape index (κ2) is 4.82. The minimum atomic E-state index is -0.895. The van der Waals surface area contributed by atoms with E-state index in [4.69, 9.17) is 9.84 Å². The van der Waals surface area contributed by atoms with Crippen LogP contribution in [-0.4, -0.2) is 35.7 Å². The van der Waals surface area contributed by atoms with Crippen LogP contribution in [0.15, 0.2) is 0 Å². The van der Waals surface area contributed by atoms with Crippen molar-refractivity contribution < 1.29 is 19.4 Å². The second-order valence-corrected chi connectivity index (χ2v) is 4.80. The fourth-order valence-electron chi connectivity index (χ4n) is 1.44. The van der Waals surface area contributed by atoms with Gasteiger partial charge in [0.25, 0.3) is 0 Å². The minimum Gasteiger partial charge on any atom is -0.480 e. The van der Waals surface area contributed by atoms with Gasteiger partial charge in [0.1, 0.15) is 12.1 Å². The molecule has 1 rings (SSSR count). The van der Waals surface area contributed by atoms with Crippen LogP contribution in [0.25, 0.3) is 0 Å². The van der Waals surface area contributed by atoms with Crippen LogP contribution in [0.2, 0.25) is 0 Å². The molecule has 0 saturated carbocycles. The average molecular weight is 229 g/mol. The number of hydrogen-bond acceptors (Lipinski definition) is 4. The highest BCUT2D eigenvalue weighted by Gasteiger charge is 2.35. The second-order valence-electron chi connectivity index (χ2n) is 4.80. The maximum atomic E-state index is 11.7. The highest BCUT2D eigenvalue weighted by atomic mass is 16.5. The van der Waals surface area contributed by atoms with E-state index in [9.17, 15) is 9.59 Å². The summed E-state index contributed by atoms with van der Waals surface area (Å²) in [6.07, 6.45) is 0.731. The maximum absolute atomic E-state index is 11.7. The Labute approximate surface area is 95.2 Å². The predicted molar refractivity (Wildman–Crippen MR) is 58.0 cm³/mol. The van der Waals surface area contributed by atoms with Crippen LogP contribution < -0.4 is 5.32 Å². The minimum absolute atomic E-state index is 0.257. The van der Waals surface area contributed by atoms with E-state index in [1.165, 1.54) is 0 Å². The van der Waals surface area contributed by atoms with Crippen LogP contribution in [0.1, 0.15) is 33.6 Å². The predicted octanol–water partition coefficient (Wildman–Crippen LogP) is 0.781. The zero-order valence-electron chi connectivity index (χ0n) is 9.95. The Morgan fingerprint density at radius 3 is 2.56 bits per heavy atom. The number of ether oxygens (including phenoxy) is 1. The molecule has 5 heteroatoms. The van der Waals surface area contributed by atoms with Crippen molar-refractivity contribution in [2.75, 3.05) is 6.54 Å². The molecule has 92 valence electrons. The van der Waals surface area contributed by atoms with Crippen LogP contribution in [-0.2, 0) is 14.3 Å². The highest BCUT2D eigenvalue weighted by Crippen LogP contribution is 2.23. The Bertz CT molecular complexity index is 288. The van der Waals surface area contributed by atoms with Gasteiger partial charge in [0.15, 0.2) is 0 Å². The molecule has 1 fully saturated rings. The summed E-state index contributed by atoms with van der Waals surface area (Å²) < 4.78 is 5.28. The summed E-state index contributed by atoms with van der Waals surface area (Å²) >= 11 is 0. The number of nitrogens with one attached hydrogen (secondary N) is 1. The molecule has 0 unspecified atom stereocenters. The summed E-state index contributed by atoms with van der Waals surface area (Å²) in [6, 6.07) is -0.595. The summed E-state index contributed by atoms with van der Waals surface area (Å²) in [5.74, 6) is -1.15. The monoisotopic (exact) mass is 229 g/mol. The zero-order chi connectivity index (χ0) is 12.3. The van der Waals surface area contributed by atoms with Gasteiger partial charge in [-0.2, -0.15) is 0 Å². The third-order valence-corrected chi connectivity index (χ3v) is 3.10. The van der Waals surface area contributed by atoms with E-state index in [0.29, 0.717) is 19.4 Å². The summed E-state index contributed by atoms with van der Waals surface area (Å²) in [5, 5.41) is 11.6. The average Bonchev–Trinajstić information content (AvgIpc) is 2.66. The number of hydrogen-bond donors (Lipinski definition) is 2. The molecule has 0 amide bonds. The van der Waals surface area contributed by atoms with Crippen molar-refractivity contribution in [1.29, 1.82) is 0 Å². The molecule has 0 aromatic rings. The van der Waals surface area contributed by atoms with E-state index in [2.05, 4.69) is 5.32 Å². The number of carboxylic acids is 1. The lowest BCUT2D eigenvalue weighted by molar-refractivity contribution is -0.159. The van der Waals surface area contributed by atoms with E-state index in [-0.39, 0.29) is 12.1 Å². The van der Waals surface area contributed by atoms with Crippen molar-refractivity contribution in [3.05, 3.63) is 0 Å². The van der Waals surface area contributed by atoms with Gasteiger partial charge in [-0.15, -0.1) is 0 Å². The first-order valence-electron chi connectivity index (χ1n) is 5.54. The van der Waals surface area contributed by atoms with Crippen LogP contribution in [0.5, 0.6) is 0 Å². The van der Waals surface area contributed by atoms with Crippen LogP contribution in [0.4, 0.5) is 0 Å². The summed E-state index contributed by atoms with van der Waals surface area (Å²) in [6.45, 7) is 6.00. The third-order valence-electron chi connectivity index (χ3n) is 3.10. The van der Waals surface area contributed by atoms with Crippen LogP contribution in [0.3, 0.4) is 0 Å². The van der Waals surface area contributed by atoms with Crippen molar-refractivity contribution in [2.24, 2.45) is 5.41 Å². The van der Waals surface area contributed by atoms with Crippen molar-refractivity contribution in [1.82, 2.24) is 5.32 Å². The smallest absolute Gasteiger partial charge is 0.320 e. The van der Waals surface area contributed by atoms with E-state index in [1.54, 1.807) is 0 Å². The maximum Gasteiger partial charge on any atom is 0.320 e. The first kappa shape index (κ1) is 13.0. The molecule has 0 aliphatic carbocycles. The largest absolute Gasteiger partial charge is 0.480 e. The van der Waals surface area contributed by atoms with Gasteiger partial charge >= 0.3 is 11.9 Å².